The van der Waals surface area contributed by atoms with E-state index in [1.807, 2.05) is 0 Å². The summed E-state index contributed by atoms with van der Waals surface area (Å²) < 4.78 is 39.4. The summed E-state index contributed by atoms with van der Waals surface area (Å²) in [5.74, 6) is -1.41. The molecular formula is C13H24N2O8S2. The van der Waals surface area contributed by atoms with Crippen LogP contribution in [-0.4, -0.2) is 73.4 Å². The number of thioether (sulfide) groups is 1. The van der Waals surface area contributed by atoms with Crippen LogP contribution < -0.4 is 11.1 Å². The van der Waals surface area contributed by atoms with Crippen LogP contribution in [0.5, 0.6) is 0 Å². The number of carbonyl (C=O) groups is 3. The fourth-order valence-corrected chi connectivity index (χ4v) is 3.04. The molecule has 0 spiro atoms. The summed E-state index contributed by atoms with van der Waals surface area (Å²) >= 11 is 1.24. The van der Waals surface area contributed by atoms with Crippen LogP contribution in [0.3, 0.4) is 0 Å². The molecule has 0 aromatic rings. The molecule has 0 aromatic heterocycles. The van der Waals surface area contributed by atoms with Crippen molar-refractivity contribution in [1.29, 1.82) is 0 Å². The summed E-state index contributed by atoms with van der Waals surface area (Å²) in [7, 11) is -4.05. The van der Waals surface area contributed by atoms with Gasteiger partial charge in [0.05, 0.1) is 11.8 Å². The Labute approximate surface area is 150 Å². The molecule has 0 aliphatic rings. The number of ether oxygens (including phenoxy) is 2. The molecule has 1 amide bonds. The van der Waals surface area contributed by atoms with Gasteiger partial charge in [-0.05, 0) is 6.42 Å². The third-order valence-electron chi connectivity index (χ3n) is 2.62. The third-order valence-corrected chi connectivity index (χ3v) is 4.63. The fraction of sp³-hybridized carbons (Fsp3) is 0.769. The number of hydrogen-bond acceptors (Lipinski definition) is 9. The minimum atomic E-state index is -4.05. The Hall–Kier alpha value is -1.37. The molecular weight excluding hydrogens is 376 g/mol. The molecule has 2 unspecified atom stereocenters. The van der Waals surface area contributed by atoms with Crippen LogP contribution in [0.4, 0.5) is 0 Å². The molecule has 0 radical (unpaired) electrons. The fourth-order valence-electron chi connectivity index (χ4n) is 1.56. The average Bonchev–Trinajstić information content (AvgIpc) is 2.47. The van der Waals surface area contributed by atoms with Crippen LogP contribution in [0.15, 0.2) is 0 Å². The molecule has 0 heterocycles. The van der Waals surface area contributed by atoms with Crippen molar-refractivity contribution in [3.8, 4) is 0 Å². The summed E-state index contributed by atoms with van der Waals surface area (Å²) in [6.45, 7) is 2.45. The molecule has 146 valence electrons. The topological polar surface area (TPSA) is 162 Å². The predicted molar refractivity (Wildman–Crippen MR) is 91.5 cm³/mol. The van der Waals surface area contributed by atoms with Gasteiger partial charge in [0.25, 0.3) is 10.1 Å². The first kappa shape index (κ1) is 23.6. The van der Waals surface area contributed by atoms with Gasteiger partial charge in [-0.2, -0.15) is 20.2 Å². The molecule has 0 saturated carbocycles. The van der Waals surface area contributed by atoms with E-state index in [0.717, 1.165) is 0 Å². The van der Waals surface area contributed by atoms with Gasteiger partial charge in [0.15, 0.2) is 0 Å². The monoisotopic (exact) mass is 400 g/mol. The summed E-state index contributed by atoms with van der Waals surface area (Å²) in [6.07, 6.45) is -0.571. The highest BCUT2D eigenvalue weighted by atomic mass is 32.2. The summed E-state index contributed by atoms with van der Waals surface area (Å²) in [5.41, 5.74) is 5.70. The number of rotatable bonds is 12. The highest BCUT2D eigenvalue weighted by molar-refractivity contribution is 7.99. The zero-order chi connectivity index (χ0) is 19.5. The smallest absolute Gasteiger partial charge is 0.303 e. The van der Waals surface area contributed by atoms with E-state index in [0.29, 0.717) is 0 Å². The van der Waals surface area contributed by atoms with Gasteiger partial charge in [-0.1, -0.05) is 0 Å². The van der Waals surface area contributed by atoms with E-state index >= 15 is 0 Å². The second-order valence-electron chi connectivity index (χ2n) is 5.11. The SMILES string of the molecule is CC(=O)OCC(CSCC(N)C(=O)NCCCS(=O)(=O)O)OC(C)=O. The Bertz CT molecular complexity index is 552. The van der Waals surface area contributed by atoms with Crippen molar-refractivity contribution >= 4 is 39.7 Å². The molecule has 0 bridgehead atoms. The average molecular weight is 400 g/mol. The summed E-state index contributed by atoms with van der Waals surface area (Å²) in [5, 5.41) is 2.46. The van der Waals surface area contributed by atoms with Crippen LogP contribution in [-0.2, 0) is 34.0 Å². The van der Waals surface area contributed by atoms with Gasteiger partial charge in [-0.25, -0.2) is 0 Å². The van der Waals surface area contributed by atoms with Crippen molar-refractivity contribution < 1.29 is 36.8 Å². The van der Waals surface area contributed by atoms with Crippen LogP contribution in [0, 0.1) is 0 Å². The van der Waals surface area contributed by atoms with Crippen molar-refractivity contribution in [3.05, 3.63) is 0 Å². The standard InChI is InChI=1S/C13H24N2O8S2/c1-9(16)22-6-11(23-10(2)17)7-24-8-12(14)13(18)15-4-3-5-25(19,20)21/h11-12H,3-8,14H2,1-2H3,(H,15,18)(H,19,20,21). The van der Waals surface area contributed by atoms with Crippen LogP contribution in [0.1, 0.15) is 20.3 Å². The number of nitrogens with one attached hydrogen (secondary N) is 1. The lowest BCUT2D eigenvalue weighted by Gasteiger charge is -2.17. The highest BCUT2D eigenvalue weighted by Gasteiger charge is 2.18. The van der Waals surface area contributed by atoms with Gasteiger partial charge in [0.2, 0.25) is 5.91 Å². The lowest BCUT2D eigenvalue weighted by Crippen LogP contribution is -2.43. The summed E-state index contributed by atoms with van der Waals surface area (Å²) in [4.78, 5) is 33.5. The zero-order valence-corrected chi connectivity index (χ0v) is 15.7. The zero-order valence-electron chi connectivity index (χ0n) is 14.1. The molecule has 12 heteroatoms. The lowest BCUT2D eigenvalue weighted by molar-refractivity contribution is -0.154. The Morgan fingerprint density at radius 2 is 1.84 bits per heavy atom. The van der Waals surface area contributed by atoms with Crippen LogP contribution in [0.25, 0.3) is 0 Å². The normalized spacial score (nSPS) is 13.6. The Kier molecular flexibility index (Phi) is 11.4. The van der Waals surface area contributed by atoms with Crippen molar-refractivity contribution in [1.82, 2.24) is 5.32 Å². The molecule has 10 nitrogen and oxygen atoms in total. The van der Waals surface area contributed by atoms with Crippen LogP contribution in [0.2, 0.25) is 0 Å². The third kappa shape index (κ3) is 14.7. The lowest BCUT2D eigenvalue weighted by atomic mass is 10.3. The van der Waals surface area contributed by atoms with E-state index in [-0.39, 0.29) is 31.1 Å². The van der Waals surface area contributed by atoms with Gasteiger partial charge < -0.3 is 20.5 Å². The minimum absolute atomic E-state index is 0.0690. The Balaban J connectivity index is 4.10. The Morgan fingerprint density at radius 1 is 1.20 bits per heavy atom. The van der Waals surface area contributed by atoms with Gasteiger partial charge >= 0.3 is 11.9 Å². The maximum Gasteiger partial charge on any atom is 0.303 e. The van der Waals surface area contributed by atoms with Gasteiger partial charge in [-0.3, -0.25) is 18.9 Å². The first-order chi connectivity index (χ1) is 11.5. The van der Waals surface area contributed by atoms with E-state index in [1.165, 1.54) is 25.6 Å². The first-order valence-corrected chi connectivity index (χ1v) is 10.1. The van der Waals surface area contributed by atoms with Crippen molar-refractivity contribution in [2.45, 2.75) is 32.4 Å². The molecule has 25 heavy (non-hydrogen) atoms. The van der Waals surface area contributed by atoms with E-state index in [4.69, 9.17) is 19.8 Å². The molecule has 0 rings (SSSR count). The Morgan fingerprint density at radius 3 is 2.36 bits per heavy atom. The van der Waals surface area contributed by atoms with Gasteiger partial charge in [0.1, 0.15) is 12.7 Å². The van der Waals surface area contributed by atoms with Gasteiger partial charge in [0, 0.05) is 31.9 Å². The van der Waals surface area contributed by atoms with Crippen molar-refractivity contribution in [2.75, 3.05) is 30.4 Å². The number of hydrogen-bond donors (Lipinski definition) is 3. The summed E-state index contributed by atoms with van der Waals surface area (Å²) in [6, 6.07) is -0.845. The molecule has 2 atom stereocenters. The minimum Gasteiger partial charge on any atom is -0.462 e. The largest absolute Gasteiger partial charge is 0.462 e. The number of amides is 1. The van der Waals surface area contributed by atoms with E-state index < -0.39 is 45.9 Å². The molecule has 0 aliphatic carbocycles. The number of esters is 2. The molecule has 0 fully saturated rings. The quantitative estimate of drug-likeness (QED) is 0.209. The van der Waals surface area contributed by atoms with E-state index in [2.05, 4.69) is 5.32 Å². The van der Waals surface area contributed by atoms with Crippen molar-refractivity contribution in [2.24, 2.45) is 5.73 Å². The second-order valence-corrected chi connectivity index (χ2v) is 7.76. The van der Waals surface area contributed by atoms with E-state index in [1.54, 1.807) is 0 Å². The molecule has 4 N–H and O–H groups in total. The number of nitrogens with two attached hydrogens (primary N) is 1. The molecule has 0 aliphatic heterocycles. The maximum absolute atomic E-state index is 11.7. The van der Waals surface area contributed by atoms with Crippen LogP contribution >= 0.6 is 11.8 Å². The maximum atomic E-state index is 11.7. The highest BCUT2D eigenvalue weighted by Crippen LogP contribution is 2.09. The predicted octanol–water partition coefficient (Wildman–Crippen LogP) is -1.06. The number of carbonyl (C=O) groups excluding carboxylic acids is 3. The van der Waals surface area contributed by atoms with Gasteiger partial charge in [-0.15, -0.1) is 0 Å². The van der Waals surface area contributed by atoms with E-state index in [9.17, 15) is 22.8 Å². The second kappa shape index (κ2) is 12.1. The molecule has 0 saturated heterocycles. The van der Waals surface area contributed by atoms with Crippen molar-refractivity contribution in [3.63, 3.8) is 0 Å². The molecule has 0 aromatic carbocycles. The first-order valence-electron chi connectivity index (χ1n) is 7.38.